The van der Waals surface area contributed by atoms with Crippen molar-refractivity contribution in [2.45, 2.75) is 19.5 Å². The fraction of sp³-hybridized carbons (Fsp3) is 0.212. The topological polar surface area (TPSA) is 98.3 Å². The normalized spacial score (nSPS) is 14.7. The lowest BCUT2D eigenvalue weighted by molar-refractivity contribution is -0.129. The van der Waals surface area contributed by atoms with Gasteiger partial charge in [0.05, 0.1) is 53.2 Å². The van der Waals surface area contributed by atoms with Crippen LogP contribution in [0.5, 0.6) is 5.75 Å². The molecule has 1 aliphatic heterocycles. The Morgan fingerprint density at radius 1 is 1.13 bits per heavy atom. The molecule has 0 saturated heterocycles. The van der Waals surface area contributed by atoms with Crippen LogP contribution in [0.25, 0.3) is 54.8 Å². The SMILES string of the molecule is C=CC(=O)N1CCn2nc(-c3nc(-c4ccc5c(cnn5C)c4F)c4ccsc4c3-c3c(F)cc(F)cc3OCCO)cc2C1C. The lowest BCUT2D eigenvalue weighted by Gasteiger charge is -2.33. The summed E-state index contributed by atoms with van der Waals surface area (Å²) in [6.07, 6.45) is 2.72. The zero-order valence-electron chi connectivity index (χ0n) is 24.8. The summed E-state index contributed by atoms with van der Waals surface area (Å²) in [5.74, 6) is -2.61. The molecule has 0 spiro atoms. The molecule has 9 nitrogen and oxygen atoms in total. The molecule has 1 amide bonds. The standard InChI is InChI=1S/C33H27F3N6O3S/c1-4-27(44)41-8-9-42-25(17(41)2)15-23(39-42)32-29(28-22(35)13-18(34)14-26(28)45-11-10-43)33-20(7-12-46-33)31(38-32)19-5-6-24-21(30(19)36)16-37-40(24)3/h4-7,12-17,43H,1,8-11H2,2-3H3. The van der Waals surface area contributed by atoms with Crippen molar-refractivity contribution in [2.24, 2.45) is 7.05 Å². The van der Waals surface area contributed by atoms with Gasteiger partial charge in [0.1, 0.15) is 41.2 Å². The van der Waals surface area contributed by atoms with Gasteiger partial charge in [-0.3, -0.25) is 14.2 Å². The smallest absolute Gasteiger partial charge is 0.246 e. The highest BCUT2D eigenvalue weighted by atomic mass is 32.1. The predicted octanol–water partition coefficient (Wildman–Crippen LogP) is 6.26. The van der Waals surface area contributed by atoms with E-state index in [1.54, 1.807) is 51.0 Å². The van der Waals surface area contributed by atoms with Crippen LogP contribution in [-0.2, 0) is 18.4 Å². The summed E-state index contributed by atoms with van der Waals surface area (Å²) in [7, 11) is 1.72. The minimum atomic E-state index is -0.901. The van der Waals surface area contributed by atoms with Crippen molar-refractivity contribution in [3.8, 4) is 39.5 Å². The number of pyridine rings is 1. The van der Waals surface area contributed by atoms with Gasteiger partial charge in [-0.1, -0.05) is 6.58 Å². The molecule has 7 rings (SSSR count). The van der Waals surface area contributed by atoms with Gasteiger partial charge in [0.15, 0.2) is 0 Å². The Bertz CT molecular complexity index is 2190. The van der Waals surface area contributed by atoms with Crippen molar-refractivity contribution in [3.05, 3.63) is 83.8 Å². The van der Waals surface area contributed by atoms with Crippen LogP contribution in [0.15, 0.2) is 60.6 Å². The van der Waals surface area contributed by atoms with Crippen LogP contribution < -0.4 is 4.74 Å². The molecule has 0 fully saturated rings. The highest BCUT2D eigenvalue weighted by Gasteiger charge is 2.32. The molecule has 1 aliphatic rings. The predicted molar refractivity (Wildman–Crippen MR) is 169 cm³/mol. The number of aliphatic hydroxyl groups is 1. The third-order valence-corrected chi connectivity index (χ3v) is 9.24. The largest absolute Gasteiger partial charge is 0.490 e. The highest BCUT2D eigenvalue weighted by Crippen LogP contribution is 2.48. The minimum Gasteiger partial charge on any atom is -0.490 e. The van der Waals surface area contributed by atoms with Gasteiger partial charge in [-0.05, 0) is 42.6 Å². The number of aromatic nitrogens is 5. The molecular formula is C33H27F3N6O3S. The van der Waals surface area contributed by atoms with Crippen molar-refractivity contribution in [3.63, 3.8) is 0 Å². The Kier molecular flexibility index (Phi) is 7.36. The van der Waals surface area contributed by atoms with E-state index in [2.05, 4.69) is 11.7 Å². The number of carbonyl (C=O) groups is 1. The summed E-state index contributed by atoms with van der Waals surface area (Å²) in [4.78, 5) is 19.2. The third kappa shape index (κ3) is 4.65. The Balaban J connectivity index is 1.54. The second kappa shape index (κ2) is 11.4. The number of hydrogen-bond donors (Lipinski definition) is 1. The number of aryl methyl sites for hydroxylation is 1. The average molecular weight is 645 g/mol. The monoisotopic (exact) mass is 644 g/mol. The molecule has 1 atom stereocenters. The molecule has 4 aromatic heterocycles. The first-order valence-electron chi connectivity index (χ1n) is 14.5. The van der Waals surface area contributed by atoms with E-state index >= 15 is 8.78 Å². The lowest BCUT2D eigenvalue weighted by atomic mass is 9.96. The molecule has 46 heavy (non-hydrogen) atoms. The summed E-state index contributed by atoms with van der Waals surface area (Å²) in [6.45, 7) is 5.70. The number of thiophene rings is 1. The summed E-state index contributed by atoms with van der Waals surface area (Å²) < 4.78 is 56.2. The first kappa shape index (κ1) is 29.7. The molecule has 6 aromatic rings. The molecule has 2 aromatic carbocycles. The number of aliphatic hydroxyl groups excluding tert-OH is 1. The van der Waals surface area contributed by atoms with Gasteiger partial charge >= 0.3 is 0 Å². The van der Waals surface area contributed by atoms with Crippen molar-refractivity contribution in [2.75, 3.05) is 19.8 Å². The molecule has 0 saturated carbocycles. The number of carbonyl (C=O) groups excluding carboxylic acids is 1. The van der Waals surface area contributed by atoms with E-state index in [0.29, 0.717) is 45.5 Å². The van der Waals surface area contributed by atoms with Gasteiger partial charge in [-0.25, -0.2) is 18.2 Å². The molecule has 0 aliphatic carbocycles. The van der Waals surface area contributed by atoms with Crippen LogP contribution in [-0.4, -0.2) is 60.2 Å². The lowest BCUT2D eigenvalue weighted by Crippen LogP contribution is -2.40. The van der Waals surface area contributed by atoms with Gasteiger partial charge in [-0.15, -0.1) is 11.3 Å². The Labute approximate surface area is 264 Å². The molecule has 5 heterocycles. The Hall–Kier alpha value is -5.01. The van der Waals surface area contributed by atoms with Gasteiger partial charge in [0, 0.05) is 46.9 Å². The first-order chi connectivity index (χ1) is 22.2. The number of halogens is 3. The zero-order chi connectivity index (χ0) is 32.3. The van der Waals surface area contributed by atoms with Crippen LogP contribution in [0.2, 0.25) is 0 Å². The van der Waals surface area contributed by atoms with Crippen LogP contribution in [0.4, 0.5) is 13.2 Å². The number of ether oxygens (including phenoxy) is 1. The van der Waals surface area contributed by atoms with Crippen molar-refractivity contribution >= 4 is 38.2 Å². The van der Waals surface area contributed by atoms with E-state index in [9.17, 15) is 14.3 Å². The fourth-order valence-corrected chi connectivity index (χ4v) is 7.07. The van der Waals surface area contributed by atoms with E-state index < -0.39 is 17.5 Å². The van der Waals surface area contributed by atoms with Crippen LogP contribution in [0, 0.1) is 17.5 Å². The molecule has 0 bridgehead atoms. The second-order valence-electron chi connectivity index (χ2n) is 10.9. The number of rotatable bonds is 7. The maximum Gasteiger partial charge on any atom is 0.246 e. The van der Waals surface area contributed by atoms with Gasteiger partial charge in [0.25, 0.3) is 0 Å². The summed E-state index contributed by atoms with van der Waals surface area (Å²) >= 11 is 1.29. The summed E-state index contributed by atoms with van der Waals surface area (Å²) in [6, 6.07) is 8.40. The Morgan fingerprint density at radius 2 is 1.96 bits per heavy atom. The molecule has 13 heteroatoms. The maximum absolute atomic E-state index is 16.2. The first-order valence-corrected chi connectivity index (χ1v) is 15.4. The number of benzene rings is 2. The van der Waals surface area contributed by atoms with Gasteiger partial charge < -0.3 is 14.7 Å². The van der Waals surface area contributed by atoms with E-state index in [1.165, 1.54) is 23.6 Å². The minimum absolute atomic E-state index is 0.0676. The van der Waals surface area contributed by atoms with Crippen LogP contribution in [0.1, 0.15) is 18.7 Å². The van der Waals surface area contributed by atoms with Crippen molar-refractivity contribution in [1.82, 2.24) is 29.4 Å². The van der Waals surface area contributed by atoms with Crippen LogP contribution >= 0.6 is 11.3 Å². The van der Waals surface area contributed by atoms with E-state index in [-0.39, 0.29) is 53.3 Å². The van der Waals surface area contributed by atoms with Crippen molar-refractivity contribution < 1.29 is 27.8 Å². The third-order valence-electron chi connectivity index (χ3n) is 8.31. The fourth-order valence-electron chi connectivity index (χ4n) is 6.12. The van der Waals surface area contributed by atoms with Gasteiger partial charge in [0.2, 0.25) is 5.91 Å². The molecule has 0 radical (unpaired) electrons. The number of fused-ring (bicyclic) bond motifs is 3. The molecule has 1 N–H and O–H groups in total. The Morgan fingerprint density at radius 3 is 2.74 bits per heavy atom. The van der Waals surface area contributed by atoms with Crippen molar-refractivity contribution in [1.29, 1.82) is 0 Å². The van der Waals surface area contributed by atoms with Crippen LogP contribution in [0.3, 0.4) is 0 Å². The number of hydrogen-bond acceptors (Lipinski definition) is 7. The maximum atomic E-state index is 16.2. The van der Waals surface area contributed by atoms with E-state index in [0.717, 1.165) is 17.8 Å². The van der Waals surface area contributed by atoms with E-state index in [1.807, 2.05) is 6.92 Å². The quantitative estimate of drug-likeness (QED) is 0.206. The summed E-state index contributed by atoms with van der Waals surface area (Å²) in [5, 5.41) is 21.1. The van der Waals surface area contributed by atoms with E-state index in [4.69, 9.17) is 14.8 Å². The number of amides is 1. The summed E-state index contributed by atoms with van der Waals surface area (Å²) in [5.41, 5.74) is 2.62. The molecule has 1 unspecified atom stereocenters. The highest BCUT2D eigenvalue weighted by molar-refractivity contribution is 7.18. The van der Waals surface area contributed by atoms with Gasteiger partial charge in [-0.2, -0.15) is 10.2 Å². The average Bonchev–Trinajstić information content (AvgIpc) is 3.79. The second-order valence-corrected chi connectivity index (χ2v) is 11.8. The zero-order valence-corrected chi connectivity index (χ0v) is 25.6. The molecule has 234 valence electrons. The number of nitrogens with zero attached hydrogens (tertiary/aromatic N) is 6. The molecular weight excluding hydrogens is 617 g/mol.